The van der Waals surface area contributed by atoms with Crippen molar-refractivity contribution in [3.8, 4) is 40.2 Å². The van der Waals surface area contributed by atoms with Gasteiger partial charge in [0.2, 0.25) is 0 Å². The standard InChI is InChI=1S/C48H48N6O/c1-46(2,3)33-21-23-50-44(28-33)54-41-18-14-13-17-39(41)40-20-19-37(29-42(40)54)55-38-22-24-49-43(30-38)52-31-53(51-45(52)32-15-11-10-12-16-32)36-26-34(47(4,5)6)25-35(27-36)48(7,8)9/h10-30H,1-9H3. The molecule has 0 aliphatic heterocycles. The lowest BCUT2D eigenvalue weighted by atomic mass is 9.80. The highest BCUT2D eigenvalue weighted by Gasteiger charge is 2.23. The Labute approximate surface area is 323 Å². The minimum Gasteiger partial charge on any atom is -0.458 e. The number of nitrogens with zero attached hydrogens (tertiary/aromatic N) is 6. The molecule has 0 spiro atoms. The van der Waals surface area contributed by atoms with Gasteiger partial charge in [0.25, 0.3) is 6.33 Å². The van der Waals surface area contributed by atoms with Crippen LogP contribution in [0.25, 0.3) is 50.5 Å². The van der Waals surface area contributed by atoms with E-state index in [2.05, 4.69) is 152 Å². The number of hydrogen-bond donors (Lipinski definition) is 0. The first-order chi connectivity index (χ1) is 26.1. The van der Waals surface area contributed by atoms with Crippen molar-refractivity contribution in [1.29, 1.82) is 0 Å². The molecule has 0 atom stereocenters. The van der Waals surface area contributed by atoms with E-state index in [9.17, 15) is 0 Å². The quantitative estimate of drug-likeness (QED) is 0.127. The van der Waals surface area contributed by atoms with Crippen molar-refractivity contribution in [2.45, 2.75) is 78.6 Å². The maximum atomic E-state index is 6.63. The van der Waals surface area contributed by atoms with Crippen LogP contribution in [-0.4, -0.2) is 24.2 Å². The Hall–Kier alpha value is -6.08. The second-order valence-corrected chi connectivity index (χ2v) is 17.4. The number of hydrogen-bond acceptors (Lipinski definition) is 4. The van der Waals surface area contributed by atoms with Gasteiger partial charge in [-0.2, -0.15) is 4.68 Å². The zero-order chi connectivity index (χ0) is 38.7. The predicted octanol–water partition coefficient (Wildman–Crippen LogP) is 11.2. The molecule has 0 unspecified atom stereocenters. The number of rotatable bonds is 6. The summed E-state index contributed by atoms with van der Waals surface area (Å²) in [5, 5.41) is 7.44. The lowest BCUT2D eigenvalue weighted by Crippen LogP contribution is -2.34. The smallest absolute Gasteiger partial charge is 0.275 e. The fourth-order valence-corrected chi connectivity index (χ4v) is 6.94. The Kier molecular flexibility index (Phi) is 8.71. The predicted molar refractivity (Wildman–Crippen MR) is 222 cm³/mol. The van der Waals surface area contributed by atoms with Gasteiger partial charge in [-0.15, -0.1) is 5.10 Å². The lowest BCUT2D eigenvalue weighted by Gasteiger charge is -2.26. The van der Waals surface area contributed by atoms with Crippen LogP contribution in [0.1, 0.15) is 79.0 Å². The minimum atomic E-state index is -0.0427. The topological polar surface area (TPSA) is 61.6 Å². The van der Waals surface area contributed by atoms with E-state index in [0.717, 1.165) is 39.3 Å². The van der Waals surface area contributed by atoms with Gasteiger partial charge in [-0.1, -0.05) is 129 Å². The molecule has 8 aromatic rings. The Balaban J connectivity index is 1.22. The third kappa shape index (κ3) is 7.03. The summed E-state index contributed by atoms with van der Waals surface area (Å²) in [6.45, 7) is 20.1. The molecule has 55 heavy (non-hydrogen) atoms. The maximum absolute atomic E-state index is 6.63. The number of fused-ring (bicyclic) bond motifs is 3. The molecule has 7 nitrogen and oxygen atoms in total. The fourth-order valence-electron chi connectivity index (χ4n) is 6.94. The SMILES string of the molecule is CC(C)(C)c1cc(-[n+]2[c-]n(-c3cc(Oc4ccc5c6ccccc6n(-c6cc(C(C)(C)C)ccn6)c5c4)ccn3)c(-c3ccccc3)n2)cc(C(C)(C)C)c1. The number of para-hydroxylation sites is 1. The monoisotopic (exact) mass is 724 g/mol. The number of ether oxygens (including phenoxy) is 1. The molecule has 0 saturated carbocycles. The van der Waals surface area contributed by atoms with Crippen molar-refractivity contribution in [3.63, 3.8) is 0 Å². The van der Waals surface area contributed by atoms with E-state index in [4.69, 9.17) is 19.8 Å². The van der Waals surface area contributed by atoms with Gasteiger partial charge in [-0.25, -0.2) is 4.98 Å². The van der Waals surface area contributed by atoms with Crippen LogP contribution in [-0.2, 0) is 16.2 Å². The highest BCUT2D eigenvalue weighted by atomic mass is 16.5. The molecule has 0 radical (unpaired) electrons. The first kappa shape index (κ1) is 35.9. The molecule has 0 amide bonds. The second-order valence-electron chi connectivity index (χ2n) is 17.4. The number of benzene rings is 4. The first-order valence-electron chi connectivity index (χ1n) is 18.9. The van der Waals surface area contributed by atoms with Crippen LogP contribution < -0.4 is 9.42 Å². The van der Waals surface area contributed by atoms with Crippen LogP contribution in [0.4, 0.5) is 0 Å². The molecule has 4 aromatic heterocycles. The van der Waals surface area contributed by atoms with E-state index in [-0.39, 0.29) is 16.2 Å². The number of aromatic nitrogens is 6. The average molecular weight is 725 g/mol. The largest absolute Gasteiger partial charge is 0.458 e. The van der Waals surface area contributed by atoms with Crippen molar-refractivity contribution >= 4 is 21.8 Å². The molecule has 0 aliphatic rings. The molecule has 7 heteroatoms. The van der Waals surface area contributed by atoms with Crippen LogP contribution in [0, 0.1) is 6.33 Å². The van der Waals surface area contributed by atoms with E-state index >= 15 is 0 Å². The summed E-state index contributed by atoms with van der Waals surface area (Å²) >= 11 is 0. The van der Waals surface area contributed by atoms with Crippen LogP contribution in [0.2, 0.25) is 0 Å². The van der Waals surface area contributed by atoms with Gasteiger partial charge in [0, 0.05) is 40.9 Å². The molecule has 0 fully saturated rings. The molecule has 8 rings (SSSR count). The van der Waals surface area contributed by atoms with Gasteiger partial charge in [0.15, 0.2) is 5.82 Å². The van der Waals surface area contributed by atoms with Crippen molar-refractivity contribution in [3.05, 3.63) is 151 Å². The molecule has 0 bridgehead atoms. The maximum Gasteiger partial charge on any atom is 0.275 e. The van der Waals surface area contributed by atoms with Crippen molar-refractivity contribution in [2.24, 2.45) is 0 Å². The molecule has 0 saturated heterocycles. The van der Waals surface area contributed by atoms with Crippen molar-refractivity contribution in [1.82, 2.24) is 24.2 Å². The van der Waals surface area contributed by atoms with Gasteiger partial charge in [0.05, 0.1) is 16.7 Å². The molecule has 276 valence electrons. The van der Waals surface area contributed by atoms with E-state index in [1.807, 2.05) is 51.8 Å². The van der Waals surface area contributed by atoms with E-state index < -0.39 is 0 Å². The van der Waals surface area contributed by atoms with E-state index in [1.54, 1.807) is 6.20 Å². The van der Waals surface area contributed by atoms with Gasteiger partial charge < -0.3 is 4.74 Å². The van der Waals surface area contributed by atoms with Gasteiger partial charge in [-0.05, 0) is 69.3 Å². The van der Waals surface area contributed by atoms with Crippen LogP contribution >= 0.6 is 0 Å². The zero-order valence-corrected chi connectivity index (χ0v) is 33.2. The molecule has 0 aliphatic carbocycles. The minimum absolute atomic E-state index is 0.0120. The highest BCUT2D eigenvalue weighted by Crippen LogP contribution is 2.36. The second kappa shape index (κ2) is 13.3. The molecule has 0 N–H and O–H groups in total. The Morgan fingerprint density at radius 1 is 0.545 bits per heavy atom. The van der Waals surface area contributed by atoms with Gasteiger partial charge >= 0.3 is 0 Å². The lowest BCUT2D eigenvalue weighted by molar-refractivity contribution is -0.660. The Bertz CT molecular complexity index is 2650. The normalized spacial score (nSPS) is 12.5. The Morgan fingerprint density at radius 2 is 1.16 bits per heavy atom. The van der Waals surface area contributed by atoms with Crippen molar-refractivity contribution in [2.75, 3.05) is 0 Å². The third-order valence-corrected chi connectivity index (χ3v) is 10.2. The first-order valence-corrected chi connectivity index (χ1v) is 18.9. The summed E-state index contributed by atoms with van der Waals surface area (Å²) in [7, 11) is 0. The summed E-state index contributed by atoms with van der Waals surface area (Å²) in [6.07, 6.45) is 7.21. The average Bonchev–Trinajstić information content (AvgIpc) is 3.74. The third-order valence-electron chi connectivity index (χ3n) is 10.2. The zero-order valence-electron chi connectivity index (χ0n) is 33.2. The summed E-state index contributed by atoms with van der Waals surface area (Å²) in [4.78, 5) is 9.65. The summed E-state index contributed by atoms with van der Waals surface area (Å²) in [5.74, 6) is 3.60. The summed E-state index contributed by atoms with van der Waals surface area (Å²) in [6, 6.07) is 39.8. The molecule has 4 aromatic carbocycles. The molecule has 4 heterocycles. The summed E-state index contributed by atoms with van der Waals surface area (Å²) < 4.78 is 12.6. The fraction of sp³-hybridized carbons (Fsp3) is 0.250. The highest BCUT2D eigenvalue weighted by molar-refractivity contribution is 6.09. The Morgan fingerprint density at radius 3 is 1.87 bits per heavy atom. The van der Waals surface area contributed by atoms with E-state index in [1.165, 1.54) is 22.1 Å². The van der Waals surface area contributed by atoms with E-state index in [0.29, 0.717) is 17.3 Å². The summed E-state index contributed by atoms with van der Waals surface area (Å²) in [5.41, 5.74) is 7.64. The van der Waals surface area contributed by atoms with Crippen LogP contribution in [0.3, 0.4) is 0 Å². The molecular weight excluding hydrogens is 677 g/mol. The molecular formula is C48H48N6O. The van der Waals surface area contributed by atoms with Gasteiger partial charge in [0.1, 0.15) is 23.1 Å². The van der Waals surface area contributed by atoms with Gasteiger partial charge in [-0.3, -0.25) is 14.1 Å². The van der Waals surface area contributed by atoms with Crippen LogP contribution in [0.15, 0.2) is 128 Å². The van der Waals surface area contributed by atoms with Crippen molar-refractivity contribution < 1.29 is 9.42 Å². The number of pyridine rings is 2. The van der Waals surface area contributed by atoms with Crippen LogP contribution in [0.5, 0.6) is 11.5 Å².